The number of carbonyl (C=O) groups is 1. The van der Waals surface area contributed by atoms with Crippen LogP contribution in [0.2, 0.25) is 10.0 Å². The normalized spacial score (nSPS) is 15.5. The highest BCUT2D eigenvalue weighted by Gasteiger charge is 2.33. The fraction of sp³-hybridized carbons (Fsp3) is 0.618. The Hall–Kier alpha value is -1.79. The molecule has 1 fully saturated rings. The summed E-state index contributed by atoms with van der Waals surface area (Å²) in [6.07, 6.45) is 7.63. The molecule has 1 aliphatic rings. The number of aliphatic hydroxyl groups is 1. The summed E-state index contributed by atoms with van der Waals surface area (Å²) in [6.45, 7) is 13.4. The molecule has 1 amide bonds. The number of nitrogens with zero attached hydrogens (tertiary/aromatic N) is 3. The second-order valence-electron chi connectivity index (χ2n) is 11.9. The molecule has 1 N–H and O–H groups in total. The maximum Gasteiger partial charge on any atom is 0.240 e. The summed E-state index contributed by atoms with van der Waals surface area (Å²) in [5, 5.41) is 12.2. The van der Waals surface area contributed by atoms with E-state index < -0.39 is 6.10 Å². The van der Waals surface area contributed by atoms with Gasteiger partial charge in [-0.3, -0.25) is 9.69 Å². The van der Waals surface area contributed by atoms with Crippen LogP contribution >= 0.6 is 23.2 Å². The van der Waals surface area contributed by atoms with E-state index in [-0.39, 0.29) is 11.9 Å². The van der Waals surface area contributed by atoms with Crippen molar-refractivity contribution in [1.82, 2.24) is 9.80 Å². The van der Waals surface area contributed by atoms with Crippen LogP contribution in [0.25, 0.3) is 0 Å². The molecule has 2 atom stereocenters. The van der Waals surface area contributed by atoms with Gasteiger partial charge in [-0.2, -0.15) is 0 Å². The first-order valence-corrected chi connectivity index (χ1v) is 16.5. The maximum atomic E-state index is 14.3. The highest BCUT2D eigenvalue weighted by Crippen LogP contribution is 2.31. The number of carbonyl (C=O) groups excluding carboxylic acids is 1. The molecule has 1 unspecified atom stereocenters. The van der Waals surface area contributed by atoms with E-state index in [9.17, 15) is 9.90 Å². The van der Waals surface area contributed by atoms with Crippen LogP contribution in [-0.2, 0) is 11.2 Å². The third-order valence-electron chi connectivity index (χ3n) is 8.17. The molecule has 0 saturated carbocycles. The fourth-order valence-electron chi connectivity index (χ4n) is 5.83. The summed E-state index contributed by atoms with van der Waals surface area (Å²) >= 11 is 12.8. The van der Waals surface area contributed by atoms with Crippen molar-refractivity contribution in [1.29, 1.82) is 0 Å². The molecule has 7 heteroatoms. The number of amides is 1. The van der Waals surface area contributed by atoms with Crippen LogP contribution in [0.3, 0.4) is 0 Å². The Balaban J connectivity index is 1.79. The smallest absolute Gasteiger partial charge is 0.240 e. The summed E-state index contributed by atoms with van der Waals surface area (Å²) < 4.78 is 0. The van der Waals surface area contributed by atoms with Crippen LogP contribution in [0, 0.1) is 5.92 Å². The molecule has 41 heavy (non-hydrogen) atoms. The number of anilines is 1. The summed E-state index contributed by atoms with van der Waals surface area (Å²) in [4.78, 5) is 21.1. The number of halogens is 2. The first-order valence-electron chi connectivity index (χ1n) is 15.7. The van der Waals surface area contributed by atoms with Crippen LogP contribution in [0.1, 0.15) is 89.9 Å². The standard InChI is InChI=1S/C34H51Cl2N3O2/c1-5-7-11-17-37(18-12-8-6-2)32(24-27-15-16-28(35)25-30(27)36)34(41)39-21-19-38(20-22-39)31-14-10-9-13-29(31)33(40)23-26(3)4/h9-10,13-16,25-26,32-33,40H,5-8,11-12,17-24H2,1-4H3/t32-,33?/m1/s1. The van der Waals surface area contributed by atoms with Crippen molar-refractivity contribution in [2.24, 2.45) is 5.92 Å². The zero-order valence-corrected chi connectivity index (χ0v) is 27.1. The van der Waals surface area contributed by atoms with Gasteiger partial charge in [0, 0.05) is 47.5 Å². The summed E-state index contributed by atoms with van der Waals surface area (Å²) in [7, 11) is 0. The van der Waals surface area contributed by atoms with E-state index in [2.05, 4.69) is 43.6 Å². The summed E-state index contributed by atoms with van der Waals surface area (Å²) in [5.74, 6) is 0.605. The van der Waals surface area contributed by atoms with Gasteiger partial charge in [0.25, 0.3) is 0 Å². The summed E-state index contributed by atoms with van der Waals surface area (Å²) in [6, 6.07) is 13.5. The molecule has 0 radical (unpaired) electrons. The molecule has 0 aromatic heterocycles. The Kier molecular flexibility index (Phi) is 14.3. The van der Waals surface area contributed by atoms with E-state index in [4.69, 9.17) is 23.2 Å². The molecule has 1 aliphatic heterocycles. The predicted molar refractivity (Wildman–Crippen MR) is 174 cm³/mol. The molecule has 2 aromatic carbocycles. The quantitative estimate of drug-likeness (QED) is 0.197. The Labute approximate surface area is 258 Å². The van der Waals surface area contributed by atoms with E-state index in [1.54, 1.807) is 6.07 Å². The van der Waals surface area contributed by atoms with Gasteiger partial charge in [-0.05, 0) is 68.5 Å². The second kappa shape index (κ2) is 17.4. The average molecular weight is 605 g/mol. The van der Waals surface area contributed by atoms with Gasteiger partial charge < -0.3 is 14.9 Å². The first kappa shape index (κ1) is 33.7. The number of hydrogen-bond donors (Lipinski definition) is 1. The minimum atomic E-state index is -0.487. The third-order valence-corrected chi connectivity index (χ3v) is 8.76. The van der Waals surface area contributed by atoms with Crippen LogP contribution in [-0.4, -0.2) is 66.1 Å². The Morgan fingerprint density at radius 3 is 2.15 bits per heavy atom. The molecule has 0 spiro atoms. The summed E-state index contributed by atoms with van der Waals surface area (Å²) in [5.41, 5.74) is 3.03. The van der Waals surface area contributed by atoms with Gasteiger partial charge in [-0.1, -0.05) is 101 Å². The van der Waals surface area contributed by atoms with E-state index in [1.807, 2.05) is 35.2 Å². The lowest BCUT2D eigenvalue weighted by Crippen LogP contribution is -2.56. The Morgan fingerprint density at radius 2 is 1.56 bits per heavy atom. The topological polar surface area (TPSA) is 47.0 Å². The first-order chi connectivity index (χ1) is 19.7. The van der Waals surface area contributed by atoms with Gasteiger partial charge in [0.15, 0.2) is 0 Å². The van der Waals surface area contributed by atoms with Crippen LogP contribution in [0.15, 0.2) is 42.5 Å². The number of para-hydroxylation sites is 1. The average Bonchev–Trinajstić information content (AvgIpc) is 2.96. The van der Waals surface area contributed by atoms with E-state index in [1.165, 1.54) is 0 Å². The number of aliphatic hydroxyl groups excluding tert-OH is 1. The molecular weight excluding hydrogens is 553 g/mol. The van der Waals surface area contributed by atoms with E-state index in [0.717, 1.165) is 87.9 Å². The van der Waals surface area contributed by atoms with Crippen LogP contribution in [0.5, 0.6) is 0 Å². The Morgan fingerprint density at radius 1 is 0.927 bits per heavy atom. The molecular formula is C34H51Cl2N3O2. The van der Waals surface area contributed by atoms with Gasteiger partial charge in [0.1, 0.15) is 0 Å². The molecule has 0 bridgehead atoms. The Bertz CT molecular complexity index is 1060. The van der Waals surface area contributed by atoms with Crippen molar-refractivity contribution in [3.8, 4) is 0 Å². The zero-order valence-electron chi connectivity index (χ0n) is 25.6. The molecule has 1 saturated heterocycles. The van der Waals surface area contributed by atoms with Gasteiger partial charge >= 0.3 is 0 Å². The predicted octanol–water partition coefficient (Wildman–Crippen LogP) is 8.02. The van der Waals surface area contributed by atoms with Crippen molar-refractivity contribution < 1.29 is 9.90 Å². The number of benzene rings is 2. The minimum Gasteiger partial charge on any atom is -0.388 e. The van der Waals surface area contributed by atoms with Gasteiger partial charge in [-0.25, -0.2) is 0 Å². The lowest BCUT2D eigenvalue weighted by atomic mass is 9.97. The van der Waals surface area contributed by atoms with E-state index in [0.29, 0.717) is 35.5 Å². The molecule has 1 heterocycles. The minimum absolute atomic E-state index is 0.191. The highest BCUT2D eigenvalue weighted by molar-refractivity contribution is 6.35. The van der Waals surface area contributed by atoms with Crippen molar-refractivity contribution >= 4 is 34.8 Å². The number of piperazine rings is 1. The van der Waals surface area contributed by atoms with E-state index >= 15 is 0 Å². The number of unbranched alkanes of at least 4 members (excludes halogenated alkanes) is 4. The molecule has 3 rings (SSSR count). The fourth-order valence-corrected chi connectivity index (χ4v) is 6.32. The number of rotatable bonds is 16. The zero-order chi connectivity index (χ0) is 29.8. The lowest BCUT2D eigenvalue weighted by molar-refractivity contribution is -0.137. The van der Waals surface area contributed by atoms with Gasteiger partial charge in [-0.15, -0.1) is 0 Å². The van der Waals surface area contributed by atoms with Crippen molar-refractivity contribution in [3.63, 3.8) is 0 Å². The molecule has 5 nitrogen and oxygen atoms in total. The molecule has 2 aromatic rings. The third kappa shape index (κ3) is 10.2. The van der Waals surface area contributed by atoms with Crippen LogP contribution in [0.4, 0.5) is 5.69 Å². The van der Waals surface area contributed by atoms with Crippen molar-refractivity contribution in [3.05, 3.63) is 63.6 Å². The molecule has 0 aliphatic carbocycles. The van der Waals surface area contributed by atoms with Crippen molar-refractivity contribution in [2.75, 3.05) is 44.2 Å². The molecule has 228 valence electrons. The highest BCUT2D eigenvalue weighted by atomic mass is 35.5. The van der Waals surface area contributed by atoms with Gasteiger partial charge in [0.2, 0.25) is 5.91 Å². The number of hydrogen-bond acceptors (Lipinski definition) is 4. The lowest BCUT2D eigenvalue weighted by Gasteiger charge is -2.41. The largest absolute Gasteiger partial charge is 0.388 e. The maximum absolute atomic E-state index is 14.3. The monoisotopic (exact) mass is 603 g/mol. The van der Waals surface area contributed by atoms with Crippen LogP contribution < -0.4 is 4.90 Å². The van der Waals surface area contributed by atoms with Crippen molar-refractivity contribution in [2.45, 2.75) is 91.2 Å². The SMILES string of the molecule is CCCCCN(CCCCC)[C@H](Cc1ccc(Cl)cc1Cl)C(=O)N1CCN(c2ccccc2C(O)CC(C)C)CC1. The second-order valence-corrected chi connectivity index (χ2v) is 12.8. The van der Waals surface area contributed by atoms with Gasteiger partial charge in [0.05, 0.1) is 12.1 Å².